The third-order valence-corrected chi connectivity index (χ3v) is 2.37. The molecule has 0 saturated heterocycles. The summed E-state index contributed by atoms with van der Waals surface area (Å²) < 4.78 is 0. The van der Waals surface area contributed by atoms with Gasteiger partial charge in [-0.25, -0.2) is 0 Å². The fourth-order valence-electron chi connectivity index (χ4n) is 1.65. The van der Waals surface area contributed by atoms with Crippen molar-refractivity contribution in [3.05, 3.63) is 59.7 Å². The number of carbonyl (C=O) groups is 1. The van der Waals surface area contributed by atoms with E-state index in [1.165, 1.54) is 29.2 Å². The molecule has 0 atom stereocenters. The Morgan fingerprint density at radius 1 is 0.850 bits per heavy atom. The number of primary amides is 1. The molecule has 0 aliphatic rings. The second kappa shape index (κ2) is 9.79. The minimum absolute atomic E-state index is 0.333. The predicted molar refractivity (Wildman–Crippen MR) is 87.6 cm³/mol. The Bertz CT molecular complexity index is 485. The molecule has 0 bridgehead atoms. The van der Waals surface area contributed by atoms with Gasteiger partial charge in [0.25, 0.3) is 0 Å². The Morgan fingerprint density at radius 3 is 1.40 bits per heavy atom. The summed E-state index contributed by atoms with van der Waals surface area (Å²) in [5, 5.41) is 0. The highest BCUT2D eigenvalue weighted by Crippen LogP contribution is 2.20. The number of nitrogens with two attached hydrogens (primary N) is 1. The predicted octanol–water partition coefficient (Wildman–Crippen LogP) is 4.49. The topological polar surface area (TPSA) is 43.1 Å². The van der Waals surface area contributed by atoms with Crippen LogP contribution in [0.1, 0.15) is 31.9 Å². The first-order valence-corrected chi connectivity index (χ1v) is 6.89. The average molecular weight is 271 g/mol. The van der Waals surface area contributed by atoms with Gasteiger partial charge in [0.2, 0.25) is 5.91 Å². The normalized spacial score (nSPS) is 8.65. The molecule has 0 aliphatic heterocycles. The van der Waals surface area contributed by atoms with Crippen molar-refractivity contribution in [3.8, 4) is 11.1 Å². The summed E-state index contributed by atoms with van der Waals surface area (Å²) in [6.07, 6.45) is 0. The highest BCUT2D eigenvalue weighted by molar-refractivity contribution is 5.70. The van der Waals surface area contributed by atoms with E-state index in [-0.39, 0.29) is 5.91 Å². The van der Waals surface area contributed by atoms with Gasteiger partial charge in [0.15, 0.2) is 0 Å². The molecule has 0 radical (unpaired) electrons. The van der Waals surface area contributed by atoms with E-state index in [9.17, 15) is 4.79 Å². The lowest BCUT2D eigenvalue weighted by Crippen LogP contribution is -2.01. The maximum absolute atomic E-state index is 9.22. The maximum Gasteiger partial charge on any atom is 0.214 e. The summed E-state index contributed by atoms with van der Waals surface area (Å²) >= 11 is 0. The van der Waals surface area contributed by atoms with Crippen LogP contribution in [0.15, 0.2) is 48.5 Å². The maximum atomic E-state index is 9.22. The summed E-state index contributed by atoms with van der Waals surface area (Å²) in [4.78, 5) is 9.22. The van der Waals surface area contributed by atoms with Crippen LogP contribution in [-0.4, -0.2) is 5.91 Å². The molecule has 2 rings (SSSR count). The van der Waals surface area contributed by atoms with E-state index in [0.717, 1.165) is 0 Å². The first-order valence-electron chi connectivity index (χ1n) is 6.89. The molecule has 0 spiro atoms. The van der Waals surface area contributed by atoms with E-state index >= 15 is 0 Å². The second-order valence-corrected chi connectivity index (χ2v) is 4.35. The molecule has 0 aliphatic carbocycles. The van der Waals surface area contributed by atoms with Gasteiger partial charge in [-0.15, -0.1) is 0 Å². The molecule has 0 unspecified atom stereocenters. The van der Waals surface area contributed by atoms with Crippen LogP contribution >= 0.6 is 0 Å². The molecule has 2 heteroatoms. The highest BCUT2D eigenvalue weighted by Gasteiger charge is 1.96. The van der Waals surface area contributed by atoms with Crippen LogP contribution in [0, 0.1) is 13.8 Å². The number of aryl methyl sites for hydroxylation is 2. The average Bonchev–Trinajstić information content (AvgIpc) is 2.40. The van der Waals surface area contributed by atoms with Crippen LogP contribution in [0.5, 0.6) is 0 Å². The van der Waals surface area contributed by atoms with Gasteiger partial charge >= 0.3 is 0 Å². The van der Waals surface area contributed by atoms with Gasteiger partial charge in [0.1, 0.15) is 0 Å². The largest absolute Gasteiger partial charge is 0.370 e. The zero-order valence-corrected chi connectivity index (χ0v) is 13.1. The van der Waals surface area contributed by atoms with E-state index in [2.05, 4.69) is 68.1 Å². The SMILES string of the molecule is CC.CC(N)=O.Cc1cccc(-c2cccc(C)c2)c1. The minimum Gasteiger partial charge on any atom is -0.370 e. The van der Waals surface area contributed by atoms with Gasteiger partial charge in [-0.2, -0.15) is 0 Å². The van der Waals surface area contributed by atoms with Crippen LogP contribution in [0.25, 0.3) is 11.1 Å². The van der Waals surface area contributed by atoms with Crippen molar-refractivity contribution in [2.45, 2.75) is 34.6 Å². The summed E-state index contributed by atoms with van der Waals surface area (Å²) in [7, 11) is 0. The third-order valence-electron chi connectivity index (χ3n) is 2.37. The van der Waals surface area contributed by atoms with Gasteiger partial charge < -0.3 is 5.73 Å². The summed E-state index contributed by atoms with van der Waals surface area (Å²) in [6, 6.07) is 17.2. The van der Waals surface area contributed by atoms with Gasteiger partial charge in [-0.1, -0.05) is 73.5 Å². The number of amides is 1. The van der Waals surface area contributed by atoms with E-state index in [0.29, 0.717) is 0 Å². The van der Waals surface area contributed by atoms with Crippen molar-refractivity contribution < 1.29 is 4.79 Å². The molecule has 108 valence electrons. The number of hydrogen-bond donors (Lipinski definition) is 1. The van der Waals surface area contributed by atoms with Crippen molar-refractivity contribution in [3.63, 3.8) is 0 Å². The standard InChI is InChI=1S/C14H14.C2H5NO.C2H6/c1-11-5-3-7-13(9-11)14-8-4-6-12(2)10-14;1-2(3)4;1-2/h3-10H,1-2H3;1H3,(H2,3,4);1-2H3. The Labute approximate surface area is 122 Å². The zero-order valence-electron chi connectivity index (χ0n) is 13.1. The third kappa shape index (κ3) is 7.37. The van der Waals surface area contributed by atoms with Crippen molar-refractivity contribution in [2.75, 3.05) is 0 Å². The molecule has 0 fully saturated rings. The van der Waals surface area contributed by atoms with Crippen LogP contribution in [-0.2, 0) is 4.79 Å². The molecule has 2 nitrogen and oxygen atoms in total. The first kappa shape index (κ1) is 17.9. The van der Waals surface area contributed by atoms with Crippen LogP contribution in [0.4, 0.5) is 0 Å². The molecule has 2 aromatic carbocycles. The van der Waals surface area contributed by atoms with E-state index in [4.69, 9.17) is 0 Å². The van der Waals surface area contributed by atoms with E-state index in [1.54, 1.807) is 0 Å². The number of hydrogen-bond acceptors (Lipinski definition) is 1. The van der Waals surface area contributed by atoms with Crippen LogP contribution < -0.4 is 5.73 Å². The Balaban J connectivity index is 0.000000521. The Kier molecular flexibility index (Phi) is 8.77. The Morgan fingerprint density at radius 2 is 1.15 bits per heavy atom. The minimum atomic E-state index is -0.333. The number of rotatable bonds is 1. The quantitative estimate of drug-likeness (QED) is 0.816. The van der Waals surface area contributed by atoms with Crippen molar-refractivity contribution in [1.29, 1.82) is 0 Å². The molecule has 2 aromatic rings. The van der Waals surface area contributed by atoms with Crippen LogP contribution in [0.2, 0.25) is 0 Å². The molecule has 20 heavy (non-hydrogen) atoms. The Hall–Kier alpha value is -2.09. The first-order chi connectivity index (χ1) is 9.49. The van der Waals surface area contributed by atoms with Crippen molar-refractivity contribution >= 4 is 5.91 Å². The molecule has 0 heterocycles. The molecule has 0 saturated carbocycles. The van der Waals surface area contributed by atoms with Gasteiger partial charge in [0.05, 0.1) is 0 Å². The molecular formula is C18H25NO. The van der Waals surface area contributed by atoms with Gasteiger partial charge in [-0.3, -0.25) is 4.79 Å². The lowest BCUT2D eigenvalue weighted by molar-refractivity contribution is -0.115. The van der Waals surface area contributed by atoms with Gasteiger partial charge in [0, 0.05) is 6.92 Å². The van der Waals surface area contributed by atoms with Crippen molar-refractivity contribution in [1.82, 2.24) is 0 Å². The fourth-order valence-corrected chi connectivity index (χ4v) is 1.65. The molecule has 0 aromatic heterocycles. The highest BCUT2D eigenvalue weighted by atomic mass is 16.1. The summed E-state index contributed by atoms with van der Waals surface area (Å²) in [5.74, 6) is -0.333. The smallest absolute Gasteiger partial charge is 0.214 e. The molecule has 1 amide bonds. The van der Waals surface area contributed by atoms with E-state index in [1.807, 2.05) is 13.8 Å². The lowest BCUT2D eigenvalue weighted by Gasteiger charge is -2.03. The van der Waals surface area contributed by atoms with Gasteiger partial charge in [-0.05, 0) is 25.0 Å². The summed E-state index contributed by atoms with van der Waals surface area (Å²) in [5.41, 5.74) is 9.69. The fraction of sp³-hybridized carbons (Fsp3) is 0.278. The molecule has 2 N–H and O–H groups in total. The zero-order chi connectivity index (χ0) is 15.5. The second-order valence-electron chi connectivity index (χ2n) is 4.35. The summed E-state index contributed by atoms with van der Waals surface area (Å²) in [6.45, 7) is 9.55. The lowest BCUT2D eigenvalue weighted by atomic mass is 10.0. The molecular weight excluding hydrogens is 246 g/mol. The van der Waals surface area contributed by atoms with Crippen molar-refractivity contribution in [2.24, 2.45) is 5.73 Å². The van der Waals surface area contributed by atoms with Crippen LogP contribution in [0.3, 0.4) is 0 Å². The van der Waals surface area contributed by atoms with E-state index < -0.39 is 0 Å². The number of carbonyl (C=O) groups excluding carboxylic acids is 1. The number of benzene rings is 2. The monoisotopic (exact) mass is 271 g/mol.